The minimum absolute atomic E-state index is 0.901. The lowest BCUT2D eigenvalue weighted by Crippen LogP contribution is -1.86. The van der Waals surface area contributed by atoms with Crippen molar-refractivity contribution in [2.45, 2.75) is 6.92 Å². The van der Waals surface area contributed by atoms with Crippen molar-refractivity contribution in [1.82, 2.24) is 0 Å². The SMILES string of the molecule is COc1cc(C)cc(-c2ccc(Br)cc2)c1. The van der Waals surface area contributed by atoms with E-state index in [0.29, 0.717) is 0 Å². The van der Waals surface area contributed by atoms with Crippen LogP contribution < -0.4 is 4.74 Å². The lowest BCUT2D eigenvalue weighted by atomic mass is 10.0. The van der Waals surface area contributed by atoms with Gasteiger partial charge in [-0.25, -0.2) is 0 Å². The first-order valence-electron chi connectivity index (χ1n) is 5.10. The molecule has 0 heterocycles. The summed E-state index contributed by atoms with van der Waals surface area (Å²) in [5.74, 6) is 0.901. The molecule has 0 saturated carbocycles. The Labute approximate surface area is 104 Å². The van der Waals surface area contributed by atoms with E-state index in [2.05, 4.69) is 47.1 Å². The number of hydrogen-bond donors (Lipinski definition) is 0. The summed E-state index contributed by atoms with van der Waals surface area (Å²) >= 11 is 3.44. The largest absolute Gasteiger partial charge is 0.497 e. The van der Waals surface area contributed by atoms with Crippen LogP contribution in [0.15, 0.2) is 46.9 Å². The van der Waals surface area contributed by atoms with Crippen molar-refractivity contribution in [3.05, 3.63) is 52.5 Å². The normalized spacial score (nSPS) is 10.2. The van der Waals surface area contributed by atoms with E-state index in [1.807, 2.05) is 18.2 Å². The fraction of sp³-hybridized carbons (Fsp3) is 0.143. The Bertz CT molecular complexity index is 489. The molecule has 82 valence electrons. The van der Waals surface area contributed by atoms with E-state index >= 15 is 0 Å². The fourth-order valence-electron chi connectivity index (χ4n) is 1.67. The number of benzene rings is 2. The van der Waals surface area contributed by atoms with Crippen LogP contribution in [0.25, 0.3) is 11.1 Å². The average Bonchev–Trinajstić information content (AvgIpc) is 2.29. The summed E-state index contributed by atoms with van der Waals surface area (Å²) in [6, 6.07) is 14.5. The van der Waals surface area contributed by atoms with Crippen LogP contribution in [0.2, 0.25) is 0 Å². The van der Waals surface area contributed by atoms with E-state index in [1.165, 1.54) is 16.7 Å². The summed E-state index contributed by atoms with van der Waals surface area (Å²) in [5.41, 5.74) is 3.59. The van der Waals surface area contributed by atoms with Crippen LogP contribution in [-0.2, 0) is 0 Å². The highest BCUT2D eigenvalue weighted by atomic mass is 79.9. The Morgan fingerprint density at radius 3 is 2.25 bits per heavy atom. The molecule has 0 aliphatic carbocycles. The first-order chi connectivity index (χ1) is 7.69. The lowest BCUT2D eigenvalue weighted by molar-refractivity contribution is 0.414. The third-order valence-electron chi connectivity index (χ3n) is 2.46. The first-order valence-corrected chi connectivity index (χ1v) is 5.90. The number of hydrogen-bond acceptors (Lipinski definition) is 1. The fourth-order valence-corrected chi connectivity index (χ4v) is 1.94. The molecule has 2 heteroatoms. The highest BCUT2D eigenvalue weighted by molar-refractivity contribution is 9.10. The number of aryl methyl sites for hydroxylation is 1. The maximum absolute atomic E-state index is 5.27. The van der Waals surface area contributed by atoms with E-state index in [9.17, 15) is 0 Å². The van der Waals surface area contributed by atoms with Gasteiger partial charge in [0.05, 0.1) is 7.11 Å². The van der Waals surface area contributed by atoms with Crippen molar-refractivity contribution in [2.75, 3.05) is 7.11 Å². The van der Waals surface area contributed by atoms with Crippen molar-refractivity contribution < 1.29 is 4.74 Å². The van der Waals surface area contributed by atoms with Gasteiger partial charge in [0.1, 0.15) is 5.75 Å². The highest BCUT2D eigenvalue weighted by Crippen LogP contribution is 2.26. The van der Waals surface area contributed by atoms with E-state index < -0.39 is 0 Å². The van der Waals surface area contributed by atoms with E-state index in [-0.39, 0.29) is 0 Å². The van der Waals surface area contributed by atoms with Crippen LogP contribution in [0, 0.1) is 6.92 Å². The molecule has 0 radical (unpaired) electrons. The van der Waals surface area contributed by atoms with Crippen molar-refractivity contribution in [3.63, 3.8) is 0 Å². The van der Waals surface area contributed by atoms with Gasteiger partial charge in [-0.3, -0.25) is 0 Å². The predicted molar refractivity (Wildman–Crippen MR) is 70.9 cm³/mol. The van der Waals surface area contributed by atoms with Crippen LogP contribution in [0.1, 0.15) is 5.56 Å². The molecule has 0 N–H and O–H groups in total. The van der Waals surface area contributed by atoms with Crippen LogP contribution >= 0.6 is 15.9 Å². The minimum Gasteiger partial charge on any atom is -0.497 e. The molecule has 0 spiro atoms. The summed E-state index contributed by atoms with van der Waals surface area (Å²) in [5, 5.41) is 0. The van der Waals surface area contributed by atoms with Crippen LogP contribution in [0.4, 0.5) is 0 Å². The molecule has 1 nitrogen and oxygen atoms in total. The van der Waals surface area contributed by atoms with E-state index in [0.717, 1.165) is 10.2 Å². The zero-order valence-corrected chi connectivity index (χ0v) is 10.9. The second kappa shape index (κ2) is 4.71. The van der Waals surface area contributed by atoms with Gasteiger partial charge in [0.2, 0.25) is 0 Å². The molecule has 2 aromatic rings. The summed E-state index contributed by atoms with van der Waals surface area (Å²) < 4.78 is 6.37. The van der Waals surface area contributed by atoms with Crippen LogP contribution in [-0.4, -0.2) is 7.11 Å². The average molecular weight is 277 g/mol. The first kappa shape index (κ1) is 11.2. The highest BCUT2D eigenvalue weighted by Gasteiger charge is 2.01. The summed E-state index contributed by atoms with van der Waals surface area (Å²) in [4.78, 5) is 0. The maximum Gasteiger partial charge on any atom is 0.119 e. The third-order valence-corrected chi connectivity index (χ3v) is 2.99. The van der Waals surface area contributed by atoms with Gasteiger partial charge >= 0.3 is 0 Å². The maximum atomic E-state index is 5.27. The quantitative estimate of drug-likeness (QED) is 0.788. The molecule has 0 aliphatic heterocycles. The molecule has 0 bridgehead atoms. The molecule has 16 heavy (non-hydrogen) atoms. The van der Waals surface area contributed by atoms with Crippen LogP contribution in [0.5, 0.6) is 5.75 Å². The zero-order valence-electron chi connectivity index (χ0n) is 9.33. The van der Waals surface area contributed by atoms with Crippen molar-refractivity contribution in [3.8, 4) is 16.9 Å². The van der Waals surface area contributed by atoms with Crippen molar-refractivity contribution >= 4 is 15.9 Å². The number of methoxy groups -OCH3 is 1. The van der Waals surface area contributed by atoms with Gasteiger partial charge in [0, 0.05) is 4.47 Å². The Kier molecular flexibility index (Phi) is 3.30. The standard InChI is InChI=1S/C14H13BrO/c1-10-7-12(9-14(8-10)16-2)11-3-5-13(15)6-4-11/h3-9H,1-2H3. The van der Waals surface area contributed by atoms with E-state index in [4.69, 9.17) is 4.74 Å². The molecule has 0 amide bonds. The van der Waals surface area contributed by atoms with Gasteiger partial charge < -0.3 is 4.74 Å². The Morgan fingerprint density at radius 2 is 1.62 bits per heavy atom. The second-order valence-electron chi connectivity index (χ2n) is 3.75. The molecule has 0 atom stereocenters. The summed E-state index contributed by atoms with van der Waals surface area (Å²) in [6.07, 6.45) is 0. The number of rotatable bonds is 2. The number of halogens is 1. The molecule has 0 unspecified atom stereocenters. The van der Waals surface area contributed by atoms with Gasteiger partial charge in [0.25, 0.3) is 0 Å². The third kappa shape index (κ3) is 2.45. The minimum atomic E-state index is 0.901. The number of ether oxygens (including phenoxy) is 1. The molecule has 0 saturated heterocycles. The van der Waals surface area contributed by atoms with Gasteiger partial charge in [-0.15, -0.1) is 0 Å². The van der Waals surface area contributed by atoms with Gasteiger partial charge in [0.15, 0.2) is 0 Å². The molecule has 0 fully saturated rings. The molecule has 2 aromatic carbocycles. The van der Waals surface area contributed by atoms with Crippen molar-refractivity contribution in [1.29, 1.82) is 0 Å². The van der Waals surface area contributed by atoms with Gasteiger partial charge in [-0.1, -0.05) is 34.1 Å². The monoisotopic (exact) mass is 276 g/mol. The van der Waals surface area contributed by atoms with Gasteiger partial charge in [-0.2, -0.15) is 0 Å². The topological polar surface area (TPSA) is 9.23 Å². The lowest BCUT2D eigenvalue weighted by Gasteiger charge is -2.07. The Hall–Kier alpha value is -1.28. The summed E-state index contributed by atoms with van der Waals surface area (Å²) in [7, 11) is 1.69. The van der Waals surface area contributed by atoms with Crippen LogP contribution in [0.3, 0.4) is 0 Å². The Balaban J connectivity index is 2.47. The molecular formula is C14H13BrO. The zero-order chi connectivity index (χ0) is 11.5. The smallest absolute Gasteiger partial charge is 0.119 e. The van der Waals surface area contributed by atoms with Crippen molar-refractivity contribution in [2.24, 2.45) is 0 Å². The molecule has 0 aliphatic rings. The Morgan fingerprint density at radius 1 is 0.938 bits per heavy atom. The van der Waals surface area contributed by atoms with E-state index in [1.54, 1.807) is 7.11 Å². The summed E-state index contributed by atoms with van der Waals surface area (Å²) in [6.45, 7) is 2.07. The van der Waals surface area contributed by atoms with Gasteiger partial charge in [-0.05, 0) is 47.9 Å². The molecular weight excluding hydrogens is 264 g/mol. The second-order valence-corrected chi connectivity index (χ2v) is 4.66. The molecule has 0 aromatic heterocycles. The predicted octanol–water partition coefficient (Wildman–Crippen LogP) is 4.43. The molecule has 2 rings (SSSR count).